The van der Waals surface area contributed by atoms with Gasteiger partial charge in [-0.25, -0.2) is 4.79 Å². The Labute approximate surface area is 84.4 Å². The number of rotatable bonds is 2. The van der Waals surface area contributed by atoms with Crippen molar-refractivity contribution < 1.29 is 9.90 Å². The molecular formula is C9H8N2O2S. The molecular weight excluding hydrogens is 200 g/mol. The van der Waals surface area contributed by atoms with E-state index in [0.717, 1.165) is 10.4 Å². The lowest BCUT2D eigenvalue weighted by Gasteiger charge is -1.87. The summed E-state index contributed by atoms with van der Waals surface area (Å²) in [5, 5.41) is 12.8. The van der Waals surface area contributed by atoms with Gasteiger partial charge >= 0.3 is 5.97 Å². The number of hydrogen-bond acceptors (Lipinski definition) is 3. The molecule has 0 aromatic carbocycles. The summed E-state index contributed by atoms with van der Waals surface area (Å²) in [4.78, 5) is 11.9. The fraction of sp³-hybridized carbons (Fsp3) is 0.111. The molecule has 0 atom stereocenters. The summed E-state index contributed by atoms with van der Waals surface area (Å²) < 4.78 is 1.69. The Bertz CT molecular complexity index is 473. The van der Waals surface area contributed by atoms with Crippen molar-refractivity contribution in [3.8, 4) is 10.4 Å². The van der Waals surface area contributed by atoms with Crippen LogP contribution in [0.15, 0.2) is 24.5 Å². The van der Waals surface area contributed by atoms with Crippen molar-refractivity contribution in [3.05, 3.63) is 29.4 Å². The van der Waals surface area contributed by atoms with Gasteiger partial charge in [0.1, 0.15) is 4.88 Å². The molecule has 0 aliphatic heterocycles. The van der Waals surface area contributed by atoms with Gasteiger partial charge in [0.15, 0.2) is 0 Å². The van der Waals surface area contributed by atoms with Crippen molar-refractivity contribution in [1.29, 1.82) is 0 Å². The van der Waals surface area contributed by atoms with E-state index < -0.39 is 5.97 Å². The second kappa shape index (κ2) is 3.26. The van der Waals surface area contributed by atoms with Gasteiger partial charge in [0, 0.05) is 23.7 Å². The number of carboxylic acids is 1. The van der Waals surface area contributed by atoms with Crippen molar-refractivity contribution in [2.75, 3.05) is 0 Å². The normalized spacial score (nSPS) is 10.4. The fourth-order valence-corrected chi connectivity index (χ4v) is 1.98. The predicted octanol–water partition coefficient (Wildman–Crippen LogP) is 1.85. The number of carbonyl (C=O) groups is 1. The Morgan fingerprint density at radius 1 is 1.57 bits per heavy atom. The molecule has 5 heteroatoms. The Hall–Kier alpha value is -1.62. The zero-order valence-electron chi connectivity index (χ0n) is 7.47. The van der Waals surface area contributed by atoms with Gasteiger partial charge in [-0.2, -0.15) is 5.10 Å². The van der Waals surface area contributed by atoms with E-state index in [1.54, 1.807) is 23.0 Å². The first kappa shape index (κ1) is 8.96. The first-order valence-corrected chi connectivity index (χ1v) is 4.80. The summed E-state index contributed by atoms with van der Waals surface area (Å²) in [6, 6.07) is 3.40. The predicted molar refractivity (Wildman–Crippen MR) is 53.5 cm³/mol. The highest BCUT2D eigenvalue weighted by Crippen LogP contribution is 2.27. The van der Waals surface area contributed by atoms with Crippen LogP contribution in [0.4, 0.5) is 0 Å². The van der Waals surface area contributed by atoms with Crippen molar-refractivity contribution in [2.45, 2.75) is 0 Å². The van der Waals surface area contributed by atoms with Gasteiger partial charge in [-0.1, -0.05) is 0 Å². The van der Waals surface area contributed by atoms with Crippen LogP contribution in [0.2, 0.25) is 0 Å². The molecule has 2 aromatic heterocycles. The van der Waals surface area contributed by atoms with Gasteiger partial charge in [-0.15, -0.1) is 11.3 Å². The molecule has 14 heavy (non-hydrogen) atoms. The highest BCUT2D eigenvalue weighted by molar-refractivity contribution is 7.17. The smallest absolute Gasteiger partial charge is 0.345 e. The molecule has 0 bridgehead atoms. The molecule has 0 fully saturated rings. The number of carboxylic acid groups (broad SMARTS) is 1. The van der Waals surface area contributed by atoms with E-state index in [-0.39, 0.29) is 0 Å². The Morgan fingerprint density at radius 3 is 2.86 bits per heavy atom. The van der Waals surface area contributed by atoms with Gasteiger partial charge in [-0.05, 0) is 12.1 Å². The third-order valence-electron chi connectivity index (χ3n) is 1.81. The first-order valence-electron chi connectivity index (χ1n) is 3.99. The van der Waals surface area contributed by atoms with Crippen LogP contribution < -0.4 is 0 Å². The quantitative estimate of drug-likeness (QED) is 0.819. The minimum absolute atomic E-state index is 0.351. The molecule has 0 aliphatic carbocycles. The average Bonchev–Trinajstić information content (AvgIpc) is 2.70. The molecule has 0 amide bonds. The molecule has 0 aliphatic rings. The van der Waals surface area contributed by atoms with Crippen LogP contribution in [0, 0.1) is 0 Å². The van der Waals surface area contributed by atoms with E-state index in [9.17, 15) is 4.79 Å². The highest BCUT2D eigenvalue weighted by Gasteiger charge is 2.08. The zero-order valence-corrected chi connectivity index (χ0v) is 8.28. The van der Waals surface area contributed by atoms with E-state index in [0.29, 0.717) is 4.88 Å². The number of aromatic carboxylic acids is 1. The number of hydrogen-bond donors (Lipinski definition) is 1. The lowest BCUT2D eigenvalue weighted by atomic mass is 10.3. The number of nitrogens with zero attached hydrogens (tertiary/aromatic N) is 2. The standard InChI is InChI=1S/C9H8N2O2S/c1-11-5-6(4-10-11)7-2-3-8(14-7)9(12)13/h2-5H,1H3,(H,12,13). The van der Waals surface area contributed by atoms with E-state index in [1.807, 2.05) is 13.2 Å². The van der Waals surface area contributed by atoms with Gasteiger partial charge in [0.05, 0.1) is 6.20 Å². The average molecular weight is 208 g/mol. The van der Waals surface area contributed by atoms with Crippen LogP contribution in [-0.4, -0.2) is 20.9 Å². The number of thiophene rings is 1. The Kier molecular flexibility index (Phi) is 2.09. The molecule has 0 saturated heterocycles. The summed E-state index contributed by atoms with van der Waals surface area (Å²) in [5.41, 5.74) is 0.949. The van der Waals surface area contributed by atoms with Gasteiger partial charge < -0.3 is 5.11 Å². The molecule has 2 aromatic rings. The minimum atomic E-state index is -0.884. The maximum Gasteiger partial charge on any atom is 0.345 e. The SMILES string of the molecule is Cn1cc(-c2ccc(C(=O)O)s2)cn1. The molecule has 1 N–H and O–H groups in total. The topological polar surface area (TPSA) is 55.1 Å². The number of aryl methyl sites for hydroxylation is 1. The van der Waals surface area contributed by atoms with Crippen molar-refractivity contribution >= 4 is 17.3 Å². The van der Waals surface area contributed by atoms with Crippen LogP contribution in [0.3, 0.4) is 0 Å². The fourth-order valence-electron chi connectivity index (χ4n) is 1.16. The summed E-state index contributed by atoms with van der Waals surface area (Å²) in [7, 11) is 1.83. The molecule has 4 nitrogen and oxygen atoms in total. The maximum absolute atomic E-state index is 10.6. The molecule has 72 valence electrons. The lowest BCUT2D eigenvalue weighted by Crippen LogP contribution is -1.89. The van der Waals surface area contributed by atoms with Crippen LogP contribution in [0.1, 0.15) is 9.67 Å². The van der Waals surface area contributed by atoms with Crippen molar-refractivity contribution in [3.63, 3.8) is 0 Å². The van der Waals surface area contributed by atoms with Crippen LogP contribution in [0.25, 0.3) is 10.4 Å². The highest BCUT2D eigenvalue weighted by atomic mass is 32.1. The first-order chi connectivity index (χ1) is 6.66. The monoisotopic (exact) mass is 208 g/mol. The summed E-state index contributed by atoms with van der Waals surface area (Å²) >= 11 is 1.25. The zero-order chi connectivity index (χ0) is 10.1. The third kappa shape index (κ3) is 1.54. The molecule has 0 spiro atoms. The Morgan fingerprint density at radius 2 is 2.36 bits per heavy atom. The minimum Gasteiger partial charge on any atom is -0.477 e. The van der Waals surface area contributed by atoms with Crippen LogP contribution in [-0.2, 0) is 7.05 Å². The van der Waals surface area contributed by atoms with E-state index in [1.165, 1.54) is 11.3 Å². The Balaban J connectivity index is 2.38. The van der Waals surface area contributed by atoms with Gasteiger partial charge in [0.25, 0.3) is 0 Å². The second-order valence-corrected chi connectivity index (χ2v) is 3.96. The molecule has 0 saturated carbocycles. The third-order valence-corrected chi connectivity index (χ3v) is 2.93. The maximum atomic E-state index is 10.6. The van der Waals surface area contributed by atoms with E-state index in [4.69, 9.17) is 5.11 Å². The second-order valence-electron chi connectivity index (χ2n) is 2.87. The van der Waals surface area contributed by atoms with Crippen molar-refractivity contribution in [1.82, 2.24) is 9.78 Å². The number of aromatic nitrogens is 2. The molecule has 0 radical (unpaired) electrons. The van der Waals surface area contributed by atoms with Gasteiger partial charge in [0.2, 0.25) is 0 Å². The van der Waals surface area contributed by atoms with E-state index in [2.05, 4.69) is 5.10 Å². The molecule has 2 heterocycles. The summed E-state index contributed by atoms with van der Waals surface area (Å²) in [5.74, 6) is -0.884. The van der Waals surface area contributed by atoms with Crippen LogP contribution in [0.5, 0.6) is 0 Å². The van der Waals surface area contributed by atoms with Crippen molar-refractivity contribution in [2.24, 2.45) is 7.05 Å². The summed E-state index contributed by atoms with van der Waals surface area (Å²) in [6.45, 7) is 0. The van der Waals surface area contributed by atoms with E-state index >= 15 is 0 Å². The molecule has 0 unspecified atom stereocenters. The summed E-state index contributed by atoms with van der Waals surface area (Å²) in [6.07, 6.45) is 3.58. The molecule has 2 rings (SSSR count). The van der Waals surface area contributed by atoms with Gasteiger partial charge in [-0.3, -0.25) is 4.68 Å². The lowest BCUT2D eigenvalue weighted by molar-refractivity contribution is 0.0702. The largest absolute Gasteiger partial charge is 0.477 e. The van der Waals surface area contributed by atoms with Crippen LogP contribution >= 0.6 is 11.3 Å².